The van der Waals surface area contributed by atoms with E-state index in [1.807, 2.05) is 6.20 Å². The van der Waals surface area contributed by atoms with E-state index in [9.17, 15) is 9.90 Å². The third kappa shape index (κ3) is 2.90. The zero-order valence-corrected chi connectivity index (χ0v) is 13.2. The van der Waals surface area contributed by atoms with E-state index in [4.69, 9.17) is 0 Å². The summed E-state index contributed by atoms with van der Waals surface area (Å²) >= 11 is 0. The van der Waals surface area contributed by atoms with Crippen molar-refractivity contribution in [3.63, 3.8) is 0 Å². The molecule has 0 unspecified atom stereocenters. The van der Waals surface area contributed by atoms with Gasteiger partial charge in [-0.1, -0.05) is 44.4 Å². The third-order valence-corrected chi connectivity index (χ3v) is 5.22. The second kappa shape index (κ2) is 6.55. The van der Waals surface area contributed by atoms with E-state index >= 15 is 0 Å². The van der Waals surface area contributed by atoms with Crippen LogP contribution in [-0.2, 0) is 11.2 Å². The van der Waals surface area contributed by atoms with E-state index in [2.05, 4.69) is 30.1 Å². The first kappa shape index (κ1) is 15.1. The van der Waals surface area contributed by atoms with Crippen LogP contribution in [0.2, 0.25) is 0 Å². The molecule has 1 heterocycles. The quantitative estimate of drug-likeness (QED) is 0.918. The van der Waals surface area contributed by atoms with Gasteiger partial charge in [0.2, 0.25) is 0 Å². The predicted molar refractivity (Wildman–Crippen MR) is 86.6 cm³/mol. The molecule has 0 bridgehead atoms. The number of hydrogen-bond donors (Lipinski definition) is 1. The van der Waals surface area contributed by atoms with Gasteiger partial charge < -0.3 is 14.9 Å². The number of carboxylic acids is 1. The fourth-order valence-electron chi connectivity index (χ4n) is 4.09. The first-order valence-electron chi connectivity index (χ1n) is 8.49. The van der Waals surface area contributed by atoms with Gasteiger partial charge in [-0.3, -0.25) is 0 Å². The molecule has 1 N–H and O–H groups in total. The highest BCUT2D eigenvalue weighted by molar-refractivity contribution is 5.87. The number of aromatic nitrogens is 1. The smallest absolute Gasteiger partial charge is 0.0489 e. The number of H-pyrrole nitrogens is 1. The van der Waals surface area contributed by atoms with Gasteiger partial charge in [-0.2, -0.15) is 0 Å². The Kier molecular flexibility index (Phi) is 4.51. The van der Waals surface area contributed by atoms with Crippen molar-refractivity contribution in [2.45, 2.75) is 57.8 Å². The average Bonchev–Trinajstić information content (AvgIpc) is 2.97. The van der Waals surface area contributed by atoms with Crippen LogP contribution in [0.5, 0.6) is 0 Å². The van der Waals surface area contributed by atoms with Crippen LogP contribution in [0, 0.1) is 5.92 Å². The molecule has 1 fully saturated rings. The van der Waals surface area contributed by atoms with Gasteiger partial charge >= 0.3 is 0 Å². The Balaban J connectivity index is 2.01. The number of rotatable bonds is 5. The standard InChI is InChI=1S/C19H25NO2/c1-2-13-9-6-10-15-17(12-20-19(13)15)16(11-18(21)22)14-7-4-3-5-8-14/h6,9-10,12,14,16,20H,2-5,7-8,11H2,1H3,(H,21,22)/p-1/t16-/m0/s1. The molecule has 1 aliphatic rings. The molecule has 2 aromatic rings. The summed E-state index contributed by atoms with van der Waals surface area (Å²) in [4.78, 5) is 14.7. The molecule has 0 saturated heterocycles. The second-order valence-corrected chi connectivity index (χ2v) is 6.52. The Morgan fingerprint density at radius 3 is 2.77 bits per heavy atom. The van der Waals surface area contributed by atoms with Gasteiger partial charge in [-0.15, -0.1) is 0 Å². The number of aromatic amines is 1. The summed E-state index contributed by atoms with van der Waals surface area (Å²) in [6, 6.07) is 6.33. The van der Waals surface area contributed by atoms with Gasteiger partial charge in [0.1, 0.15) is 0 Å². The van der Waals surface area contributed by atoms with Crippen molar-refractivity contribution in [1.29, 1.82) is 0 Å². The lowest BCUT2D eigenvalue weighted by atomic mass is 9.75. The number of aliphatic carboxylic acids is 1. The van der Waals surface area contributed by atoms with Crippen LogP contribution in [0.3, 0.4) is 0 Å². The Labute approximate surface area is 131 Å². The summed E-state index contributed by atoms with van der Waals surface area (Å²) in [6.45, 7) is 2.15. The molecule has 118 valence electrons. The summed E-state index contributed by atoms with van der Waals surface area (Å²) in [6.07, 6.45) is 9.14. The lowest BCUT2D eigenvalue weighted by Crippen LogP contribution is -2.28. The van der Waals surface area contributed by atoms with Crippen LogP contribution in [-0.4, -0.2) is 11.0 Å². The van der Waals surface area contributed by atoms with E-state index in [0.717, 1.165) is 19.3 Å². The SMILES string of the molecule is CCc1cccc2c([C@@H](CC(=O)[O-])C3CCCCC3)c[nH]c12. The number of hydrogen-bond acceptors (Lipinski definition) is 2. The number of carbonyl (C=O) groups is 1. The van der Waals surface area contributed by atoms with Gasteiger partial charge in [0, 0.05) is 23.1 Å². The van der Waals surface area contributed by atoms with E-state index < -0.39 is 5.97 Å². The van der Waals surface area contributed by atoms with Crippen molar-refractivity contribution in [2.75, 3.05) is 0 Å². The third-order valence-electron chi connectivity index (χ3n) is 5.22. The zero-order chi connectivity index (χ0) is 15.5. The molecule has 1 aliphatic carbocycles. The molecule has 0 spiro atoms. The zero-order valence-electron chi connectivity index (χ0n) is 13.2. The molecule has 22 heavy (non-hydrogen) atoms. The first-order valence-corrected chi connectivity index (χ1v) is 8.49. The van der Waals surface area contributed by atoms with E-state index in [1.165, 1.54) is 41.3 Å². The maximum Gasteiger partial charge on any atom is 0.0489 e. The summed E-state index contributed by atoms with van der Waals surface area (Å²) in [5.74, 6) is -0.390. The molecule has 0 aliphatic heterocycles. The van der Waals surface area contributed by atoms with Crippen molar-refractivity contribution >= 4 is 16.9 Å². The van der Waals surface area contributed by atoms with Crippen molar-refractivity contribution in [1.82, 2.24) is 4.98 Å². The van der Waals surface area contributed by atoms with Gasteiger partial charge in [0.05, 0.1) is 0 Å². The largest absolute Gasteiger partial charge is 0.550 e. The maximum atomic E-state index is 11.3. The van der Waals surface area contributed by atoms with E-state index in [0.29, 0.717) is 5.92 Å². The fourth-order valence-corrected chi connectivity index (χ4v) is 4.09. The van der Waals surface area contributed by atoms with Gasteiger partial charge in [-0.25, -0.2) is 0 Å². The number of fused-ring (bicyclic) bond motifs is 1. The topological polar surface area (TPSA) is 55.9 Å². The maximum absolute atomic E-state index is 11.3. The van der Waals surface area contributed by atoms with Crippen molar-refractivity contribution in [2.24, 2.45) is 5.92 Å². The van der Waals surface area contributed by atoms with Crippen molar-refractivity contribution in [3.8, 4) is 0 Å². The number of nitrogens with one attached hydrogen (secondary N) is 1. The lowest BCUT2D eigenvalue weighted by Gasteiger charge is -2.30. The summed E-state index contributed by atoms with van der Waals surface area (Å²) in [5.41, 5.74) is 3.63. The number of benzene rings is 1. The normalized spacial score (nSPS) is 17.7. The number of carboxylic acid groups (broad SMARTS) is 1. The van der Waals surface area contributed by atoms with Crippen LogP contribution in [0.1, 0.15) is 62.5 Å². The Morgan fingerprint density at radius 1 is 1.32 bits per heavy atom. The molecule has 1 atom stereocenters. The molecule has 3 heteroatoms. The molecule has 0 amide bonds. The average molecular weight is 298 g/mol. The molecule has 1 saturated carbocycles. The summed E-state index contributed by atoms with van der Waals surface area (Å²) in [5, 5.41) is 12.5. The monoisotopic (exact) mass is 298 g/mol. The van der Waals surface area contributed by atoms with Gasteiger partial charge in [-0.05, 0) is 48.6 Å². The van der Waals surface area contributed by atoms with Crippen LogP contribution in [0.15, 0.2) is 24.4 Å². The highest BCUT2D eigenvalue weighted by atomic mass is 16.4. The highest BCUT2D eigenvalue weighted by Gasteiger charge is 2.27. The summed E-state index contributed by atoms with van der Waals surface area (Å²) in [7, 11) is 0. The molecule has 1 aromatic carbocycles. The number of carbonyl (C=O) groups excluding carboxylic acids is 1. The van der Waals surface area contributed by atoms with Gasteiger partial charge in [0.15, 0.2) is 0 Å². The minimum Gasteiger partial charge on any atom is -0.550 e. The molecule has 3 rings (SSSR count). The predicted octanol–water partition coefficient (Wildman–Crippen LogP) is 3.53. The molecular weight excluding hydrogens is 274 g/mol. The van der Waals surface area contributed by atoms with Crippen LogP contribution < -0.4 is 5.11 Å². The molecular formula is C19H24NO2-. The fraction of sp³-hybridized carbons (Fsp3) is 0.526. The minimum absolute atomic E-state index is 0.0751. The first-order chi connectivity index (χ1) is 10.7. The van der Waals surface area contributed by atoms with Crippen LogP contribution >= 0.6 is 0 Å². The van der Waals surface area contributed by atoms with Crippen LogP contribution in [0.4, 0.5) is 0 Å². The molecule has 3 nitrogen and oxygen atoms in total. The van der Waals surface area contributed by atoms with Gasteiger partial charge in [0.25, 0.3) is 0 Å². The lowest BCUT2D eigenvalue weighted by molar-refractivity contribution is -0.306. The molecule has 0 radical (unpaired) electrons. The summed E-state index contributed by atoms with van der Waals surface area (Å²) < 4.78 is 0. The van der Waals surface area contributed by atoms with E-state index in [1.54, 1.807) is 0 Å². The Hall–Kier alpha value is -1.77. The second-order valence-electron chi connectivity index (χ2n) is 6.52. The highest BCUT2D eigenvalue weighted by Crippen LogP contribution is 2.41. The van der Waals surface area contributed by atoms with Crippen molar-refractivity contribution in [3.05, 3.63) is 35.5 Å². The molecule has 1 aromatic heterocycles. The van der Waals surface area contributed by atoms with Crippen LogP contribution in [0.25, 0.3) is 10.9 Å². The van der Waals surface area contributed by atoms with E-state index in [-0.39, 0.29) is 12.3 Å². The van der Waals surface area contributed by atoms with Crippen molar-refractivity contribution < 1.29 is 9.90 Å². The Morgan fingerprint density at radius 2 is 2.09 bits per heavy atom. The Bertz CT molecular complexity index is 652. The number of aryl methyl sites for hydroxylation is 1. The minimum atomic E-state index is -0.934. The number of para-hydroxylation sites is 1.